The van der Waals surface area contributed by atoms with E-state index in [1.54, 1.807) is 0 Å². The van der Waals surface area contributed by atoms with Crippen molar-refractivity contribution in [1.82, 2.24) is 0 Å². The number of ether oxygens (including phenoxy) is 1. The topological polar surface area (TPSA) is 12.5 Å². The van der Waals surface area contributed by atoms with Crippen LogP contribution in [0.25, 0.3) is 0 Å². The highest BCUT2D eigenvalue weighted by Gasteiger charge is 2.21. The van der Waals surface area contributed by atoms with Gasteiger partial charge in [0.25, 0.3) is 0 Å². The van der Waals surface area contributed by atoms with Crippen LogP contribution in [0.4, 0.5) is 0 Å². The molecule has 1 aliphatic rings. The van der Waals surface area contributed by atoms with Gasteiger partial charge in [-0.25, -0.2) is 0 Å². The summed E-state index contributed by atoms with van der Waals surface area (Å²) in [5.41, 5.74) is 1.42. The van der Waals surface area contributed by atoms with Gasteiger partial charge in [0.1, 0.15) is 0 Å². The molecule has 1 saturated heterocycles. The van der Waals surface area contributed by atoms with Gasteiger partial charge in [0, 0.05) is 3.57 Å². The Labute approximate surface area is 86.3 Å². The summed E-state index contributed by atoms with van der Waals surface area (Å²) in [6.07, 6.45) is 2.90. The molecule has 12 heavy (non-hydrogen) atoms. The second kappa shape index (κ2) is 3.75. The summed E-state index contributed by atoms with van der Waals surface area (Å²) in [4.78, 5) is 0. The third-order valence-electron chi connectivity index (χ3n) is 2.07. The van der Waals surface area contributed by atoms with E-state index in [4.69, 9.17) is 4.74 Å². The van der Waals surface area contributed by atoms with Crippen molar-refractivity contribution in [3.8, 4) is 0 Å². The summed E-state index contributed by atoms with van der Waals surface area (Å²) in [6, 6.07) is 8.71. The van der Waals surface area contributed by atoms with Gasteiger partial charge in [-0.3, -0.25) is 0 Å². The maximum atomic E-state index is 5.15. The molecule has 2 rings (SSSR count). The molecule has 1 aromatic carbocycles. The molecule has 1 aromatic rings. The first kappa shape index (κ1) is 8.51. The molecule has 0 aliphatic carbocycles. The zero-order valence-corrected chi connectivity index (χ0v) is 8.95. The number of rotatable bonds is 3. The van der Waals surface area contributed by atoms with Crippen molar-refractivity contribution in [2.24, 2.45) is 0 Å². The van der Waals surface area contributed by atoms with E-state index < -0.39 is 0 Å². The fourth-order valence-electron chi connectivity index (χ4n) is 1.21. The molecule has 1 fully saturated rings. The van der Waals surface area contributed by atoms with E-state index in [9.17, 15) is 0 Å². The van der Waals surface area contributed by atoms with Crippen LogP contribution in [-0.2, 0) is 11.2 Å². The lowest BCUT2D eigenvalue weighted by Crippen LogP contribution is -1.90. The third kappa shape index (κ3) is 2.45. The lowest BCUT2D eigenvalue weighted by Gasteiger charge is -1.98. The van der Waals surface area contributed by atoms with Gasteiger partial charge in [0.15, 0.2) is 0 Å². The minimum Gasteiger partial charge on any atom is -0.373 e. The molecule has 0 saturated carbocycles. The van der Waals surface area contributed by atoms with Crippen LogP contribution < -0.4 is 0 Å². The standard InChI is InChI=1S/C10H11IO/c11-9-4-1-8(2-5-9)3-6-10-7-12-10/h1-2,4-5,10H,3,6-7H2. The highest BCUT2D eigenvalue weighted by atomic mass is 127. The molecule has 64 valence electrons. The van der Waals surface area contributed by atoms with E-state index in [-0.39, 0.29) is 0 Å². The maximum Gasteiger partial charge on any atom is 0.0813 e. The smallest absolute Gasteiger partial charge is 0.0813 e. The Hall–Kier alpha value is -0.0900. The van der Waals surface area contributed by atoms with Crippen LogP contribution in [0.3, 0.4) is 0 Å². The number of hydrogen-bond acceptors (Lipinski definition) is 1. The molecule has 0 aromatic heterocycles. The molecular formula is C10H11IO. The number of halogens is 1. The van der Waals surface area contributed by atoms with E-state index in [2.05, 4.69) is 46.9 Å². The summed E-state index contributed by atoms with van der Waals surface area (Å²) in [7, 11) is 0. The van der Waals surface area contributed by atoms with Gasteiger partial charge in [0.2, 0.25) is 0 Å². The summed E-state index contributed by atoms with van der Waals surface area (Å²) < 4.78 is 6.46. The van der Waals surface area contributed by atoms with Gasteiger partial charge >= 0.3 is 0 Å². The van der Waals surface area contributed by atoms with E-state index in [0.29, 0.717) is 6.10 Å². The lowest BCUT2D eigenvalue weighted by atomic mass is 10.1. The van der Waals surface area contributed by atoms with Crippen molar-refractivity contribution < 1.29 is 4.74 Å². The monoisotopic (exact) mass is 274 g/mol. The largest absolute Gasteiger partial charge is 0.373 e. The Kier molecular flexibility index (Phi) is 2.66. The van der Waals surface area contributed by atoms with Gasteiger partial charge in [-0.05, 0) is 53.1 Å². The second-order valence-electron chi connectivity index (χ2n) is 3.12. The quantitative estimate of drug-likeness (QED) is 0.609. The van der Waals surface area contributed by atoms with E-state index >= 15 is 0 Å². The molecule has 1 nitrogen and oxygen atoms in total. The fourth-order valence-corrected chi connectivity index (χ4v) is 1.57. The first-order valence-electron chi connectivity index (χ1n) is 4.20. The van der Waals surface area contributed by atoms with Crippen molar-refractivity contribution >= 4 is 22.6 Å². The molecule has 0 radical (unpaired) electrons. The van der Waals surface area contributed by atoms with Gasteiger partial charge < -0.3 is 4.74 Å². The fraction of sp³-hybridized carbons (Fsp3) is 0.400. The average molecular weight is 274 g/mol. The Morgan fingerprint density at radius 1 is 1.33 bits per heavy atom. The van der Waals surface area contributed by atoms with Crippen molar-refractivity contribution in [2.75, 3.05) is 6.61 Å². The minimum absolute atomic E-state index is 0.560. The molecule has 0 bridgehead atoms. The first-order chi connectivity index (χ1) is 5.84. The van der Waals surface area contributed by atoms with Gasteiger partial charge in [-0.1, -0.05) is 12.1 Å². The summed E-state index contributed by atoms with van der Waals surface area (Å²) in [5, 5.41) is 0. The Bertz CT molecular complexity index is 251. The number of benzene rings is 1. The molecule has 1 heterocycles. The van der Waals surface area contributed by atoms with E-state index in [1.165, 1.54) is 15.6 Å². The number of hydrogen-bond donors (Lipinski definition) is 0. The normalized spacial score (nSPS) is 20.9. The average Bonchev–Trinajstić information content (AvgIpc) is 2.87. The molecule has 0 amide bonds. The van der Waals surface area contributed by atoms with Crippen LogP contribution in [-0.4, -0.2) is 12.7 Å². The van der Waals surface area contributed by atoms with Crippen molar-refractivity contribution in [1.29, 1.82) is 0 Å². The van der Waals surface area contributed by atoms with Gasteiger partial charge in [-0.2, -0.15) is 0 Å². The predicted molar refractivity (Wildman–Crippen MR) is 57.2 cm³/mol. The molecule has 1 atom stereocenters. The second-order valence-corrected chi connectivity index (χ2v) is 4.37. The van der Waals surface area contributed by atoms with Gasteiger partial charge in [-0.15, -0.1) is 0 Å². The van der Waals surface area contributed by atoms with Crippen LogP contribution in [0.5, 0.6) is 0 Å². The predicted octanol–water partition coefficient (Wildman–Crippen LogP) is 2.62. The lowest BCUT2D eigenvalue weighted by molar-refractivity contribution is 0.397. The van der Waals surface area contributed by atoms with Crippen LogP contribution in [0.15, 0.2) is 24.3 Å². The number of aryl methyl sites for hydroxylation is 1. The highest BCUT2D eigenvalue weighted by molar-refractivity contribution is 14.1. The molecule has 0 N–H and O–H groups in total. The Morgan fingerprint density at radius 3 is 2.58 bits per heavy atom. The molecular weight excluding hydrogens is 263 g/mol. The van der Waals surface area contributed by atoms with Crippen LogP contribution in [0.1, 0.15) is 12.0 Å². The zero-order chi connectivity index (χ0) is 8.39. The molecule has 0 spiro atoms. The first-order valence-corrected chi connectivity index (χ1v) is 5.28. The zero-order valence-electron chi connectivity index (χ0n) is 6.79. The maximum absolute atomic E-state index is 5.15. The van der Waals surface area contributed by atoms with Crippen LogP contribution in [0.2, 0.25) is 0 Å². The number of epoxide rings is 1. The van der Waals surface area contributed by atoms with Crippen LogP contribution >= 0.6 is 22.6 Å². The van der Waals surface area contributed by atoms with E-state index in [1.807, 2.05) is 0 Å². The Morgan fingerprint density at radius 2 is 2.00 bits per heavy atom. The van der Waals surface area contributed by atoms with Crippen molar-refractivity contribution in [3.63, 3.8) is 0 Å². The highest BCUT2D eigenvalue weighted by Crippen LogP contribution is 2.17. The SMILES string of the molecule is Ic1ccc(CCC2CO2)cc1. The van der Waals surface area contributed by atoms with Crippen molar-refractivity contribution in [3.05, 3.63) is 33.4 Å². The summed E-state index contributed by atoms with van der Waals surface area (Å²) >= 11 is 2.33. The summed E-state index contributed by atoms with van der Waals surface area (Å²) in [5.74, 6) is 0. The summed E-state index contributed by atoms with van der Waals surface area (Å²) in [6.45, 7) is 0.977. The van der Waals surface area contributed by atoms with Crippen molar-refractivity contribution in [2.45, 2.75) is 18.9 Å². The Balaban J connectivity index is 1.89. The minimum atomic E-state index is 0.560. The van der Waals surface area contributed by atoms with Crippen LogP contribution in [0, 0.1) is 3.57 Å². The molecule has 1 unspecified atom stereocenters. The van der Waals surface area contributed by atoms with E-state index in [0.717, 1.165) is 13.0 Å². The molecule has 1 aliphatic heterocycles. The molecule has 2 heteroatoms. The third-order valence-corrected chi connectivity index (χ3v) is 2.79. The van der Waals surface area contributed by atoms with Gasteiger partial charge in [0.05, 0.1) is 12.7 Å².